The van der Waals surface area contributed by atoms with E-state index in [1.165, 1.54) is 13.2 Å². The molecule has 9 heteroatoms. The van der Waals surface area contributed by atoms with Gasteiger partial charge < -0.3 is 9.47 Å². The molecule has 30 heavy (non-hydrogen) atoms. The molecule has 1 saturated heterocycles. The van der Waals surface area contributed by atoms with Gasteiger partial charge in [-0.2, -0.15) is 0 Å². The first-order valence-corrected chi connectivity index (χ1v) is 9.81. The summed E-state index contributed by atoms with van der Waals surface area (Å²) in [5.74, 6) is -0.295. The Morgan fingerprint density at radius 2 is 1.97 bits per heavy atom. The minimum Gasteiger partial charge on any atom is -0.493 e. The number of rotatable bonds is 6. The van der Waals surface area contributed by atoms with Crippen LogP contribution in [0.15, 0.2) is 54.6 Å². The van der Waals surface area contributed by atoms with Crippen LogP contribution in [-0.4, -0.2) is 30.6 Å². The lowest BCUT2D eigenvalue weighted by Crippen LogP contribution is -2.54. The summed E-state index contributed by atoms with van der Waals surface area (Å²) in [5, 5.41) is 2.82. The van der Waals surface area contributed by atoms with Crippen molar-refractivity contribution in [2.24, 2.45) is 0 Å². The summed E-state index contributed by atoms with van der Waals surface area (Å²) in [6.45, 7) is 3.91. The van der Waals surface area contributed by atoms with Gasteiger partial charge in [0.25, 0.3) is 11.8 Å². The molecule has 2 amide bonds. The number of thiocarbonyl (C=S) groups is 1. The molecular formula is C21H16Cl2N2O4S. The molecule has 0 aromatic heterocycles. The largest absolute Gasteiger partial charge is 0.493 e. The molecule has 0 bridgehead atoms. The van der Waals surface area contributed by atoms with E-state index in [-0.39, 0.29) is 26.4 Å². The molecule has 0 spiro atoms. The van der Waals surface area contributed by atoms with Gasteiger partial charge in [0.15, 0.2) is 16.6 Å². The minimum atomic E-state index is -0.626. The highest BCUT2D eigenvalue weighted by molar-refractivity contribution is 7.80. The van der Waals surface area contributed by atoms with Crippen LogP contribution in [0.3, 0.4) is 0 Å². The average Bonchev–Trinajstić information content (AvgIpc) is 2.72. The van der Waals surface area contributed by atoms with Gasteiger partial charge in [-0.1, -0.05) is 48.0 Å². The number of hydrogen-bond acceptors (Lipinski definition) is 5. The van der Waals surface area contributed by atoms with E-state index in [1.54, 1.807) is 42.5 Å². The lowest BCUT2D eigenvalue weighted by molar-refractivity contribution is -0.122. The molecule has 2 aromatic rings. The van der Waals surface area contributed by atoms with Gasteiger partial charge in [-0.15, -0.1) is 0 Å². The smallest absolute Gasteiger partial charge is 0.270 e. The maximum atomic E-state index is 13.1. The van der Waals surface area contributed by atoms with Crippen molar-refractivity contribution in [3.05, 3.63) is 70.2 Å². The molecular weight excluding hydrogens is 447 g/mol. The van der Waals surface area contributed by atoms with Crippen molar-refractivity contribution < 1.29 is 19.1 Å². The minimum absolute atomic E-state index is 0.0860. The molecule has 0 radical (unpaired) electrons. The van der Waals surface area contributed by atoms with Crippen LogP contribution in [0.1, 0.15) is 5.56 Å². The Morgan fingerprint density at radius 3 is 2.67 bits per heavy atom. The standard InChI is InChI=1S/C21H16Cl2N2O4S/c1-3-9-29-16-8-7-12(11-17(16)28-2)10-13-19(26)24-21(30)25(20(13)27)15-6-4-5-14(22)18(15)23/h3-8,10-11H,1,9H2,2H3,(H,24,26,30)/b13-10+. The van der Waals surface area contributed by atoms with Gasteiger partial charge in [0, 0.05) is 0 Å². The molecule has 1 N–H and O–H groups in total. The maximum absolute atomic E-state index is 13.1. The Bertz CT molecular complexity index is 1080. The highest BCUT2D eigenvalue weighted by atomic mass is 35.5. The summed E-state index contributed by atoms with van der Waals surface area (Å²) in [5.41, 5.74) is 0.707. The van der Waals surface area contributed by atoms with Crippen LogP contribution in [0.4, 0.5) is 5.69 Å². The number of amides is 2. The molecule has 1 heterocycles. The van der Waals surface area contributed by atoms with Crippen molar-refractivity contribution in [1.29, 1.82) is 0 Å². The normalized spacial score (nSPS) is 15.2. The van der Waals surface area contributed by atoms with E-state index in [4.69, 9.17) is 44.9 Å². The zero-order chi connectivity index (χ0) is 21.8. The topological polar surface area (TPSA) is 67.9 Å². The molecule has 154 valence electrons. The number of halogens is 2. The third kappa shape index (κ3) is 4.33. The lowest BCUT2D eigenvalue weighted by atomic mass is 10.1. The average molecular weight is 463 g/mol. The van der Waals surface area contributed by atoms with Gasteiger partial charge in [0.2, 0.25) is 0 Å². The van der Waals surface area contributed by atoms with Crippen molar-refractivity contribution in [3.63, 3.8) is 0 Å². The molecule has 0 unspecified atom stereocenters. The molecule has 6 nitrogen and oxygen atoms in total. The Hall–Kier alpha value is -2.87. The number of nitrogens with one attached hydrogen (secondary N) is 1. The summed E-state index contributed by atoms with van der Waals surface area (Å²) in [6, 6.07) is 9.82. The van der Waals surface area contributed by atoms with Crippen LogP contribution in [0.2, 0.25) is 10.0 Å². The number of nitrogens with zero attached hydrogens (tertiary/aromatic N) is 1. The summed E-state index contributed by atoms with van der Waals surface area (Å²) in [6.07, 6.45) is 3.05. The van der Waals surface area contributed by atoms with Crippen LogP contribution in [0.5, 0.6) is 11.5 Å². The fourth-order valence-electron chi connectivity index (χ4n) is 2.75. The predicted octanol–water partition coefficient (Wildman–Crippen LogP) is 4.40. The Balaban J connectivity index is 2.00. The van der Waals surface area contributed by atoms with Crippen molar-refractivity contribution in [1.82, 2.24) is 5.32 Å². The first-order chi connectivity index (χ1) is 14.4. The van der Waals surface area contributed by atoms with E-state index < -0.39 is 11.8 Å². The maximum Gasteiger partial charge on any atom is 0.270 e. The zero-order valence-corrected chi connectivity index (χ0v) is 18.1. The lowest BCUT2D eigenvalue weighted by Gasteiger charge is -2.29. The highest BCUT2D eigenvalue weighted by Gasteiger charge is 2.35. The quantitative estimate of drug-likeness (QED) is 0.298. The second-order valence-corrected chi connectivity index (χ2v) is 7.21. The molecule has 1 aliphatic heterocycles. The van der Waals surface area contributed by atoms with E-state index in [9.17, 15) is 9.59 Å². The van der Waals surface area contributed by atoms with E-state index in [2.05, 4.69) is 11.9 Å². The summed E-state index contributed by atoms with van der Waals surface area (Å²) < 4.78 is 10.8. The molecule has 3 rings (SSSR count). The predicted molar refractivity (Wildman–Crippen MR) is 121 cm³/mol. The Morgan fingerprint density at radius 1 is 1.20 bits per heavy atom. The molecule has 0 atom stereocenters. The van der Waals surface area contributed by atoms with E-state index in [0.29, 0.717) is 23.7 Å². The summed E-state index contributed by atoms with van der Waals surface area (Å²) in [7, 11) is 1.49. The Labute approximate surface area is 188 Å². The highest BCUT2D eigenvalue weighted by Crippen LogP contribution is 2.35. The molecule has 2 aromatic carbocycles. The molecule has 1 aliphatic rings. The third-order valence-corrected chi connectivity index (χ3v) is 5.22. The fourth-order valence-corrected chi connectivity index (χ4v) is 3.40. The van der Waals surface area contributed by atoms with Gasteiger partial charge in [-0.05, 0) is 48.1 Å². The molecule has 1 fully saturated rings. The van der Waals surface area contributed by atoms with Gasteiger partial charge in [-0.25, -0.2) is 0 Å². The number of carbonyl (C=O) groups is 2. The van der Waals surface area contributed by atoms with Crippen molar-refractivity contribution in [3.8, 4) is 11.5 Å². The second kappa shape index (κ2) is 9.30. The number of anilines is 1. The van der Waals surface area contributed by atoms with Crippen molar-refractivity contribution >= 4 is 64.1 Å². The van der Waals surface area contributed by atoms with Crippen LogP contribution in [0, 0.1) is 0 Å². The zero-order valence-electron chi connectivity index (χ0n) is 15.8. The van der Waals surface area contributed by atoms with Crippen LogP contribution in [0.25, 0.3) is 6.08 Å². The van der Waals surface area contributed by atoms with E-state index in [1.807, 2.05) is 0 Å². The summed E-state index contributed by atoms with van der Waals surface area (Å²) in [4.78, 5) is 26.7. The van der Waals surface area contributed by atoms with Crippen LogP contribution in [-0.2, 0) is 9.59 Å². The number of ether oxygens (including phenoxy) is 2. The van der Waals surface area contributed by atoms with Gasteiger partial charge in [-0.3, -0.25) is 19.8 Å². The van der Waals surface area contributed by atoms with Crippen molar-refractivity contribution in [2.75, 3.05) is 18.6 Å². The number of methoxy groups -OCH3 is 1. The Kier molecular flexibility index (Phi) is 6.77. The fraction of sp³-hybridized carbons (Fsp3) is 0.0952. The van der Waals surface area contributed by atoms with Crippen molar-refractivity contribution in [2.45, 2.75) is 0 Å². The molecule has 0 aliphatic carbocycles. The SMILES string of the molecule is C=CCOc1ccc(/C=C2\C(=O)NC(=S)N(c3cccc(Cl)c3Cl)C2=O)cc1OC. The van der Waals surface area contributed by atoms with Gasteiger partial charge >= 0.3 is 0 Å². The summed E-state index contributed by atoms with van der Waals surface area (Å²) >= 11 is 17.5. The van der Waals surface area contributed by atoms with E-state index in [0.717, 1.165) is 4.90 Å². The number of carbonyl (C=O) groups excluding carboxylic acids is 2. The molecule has 0 saturated carbocycles. The van der Waals surface area contributed by atoms with E-state index >= 15 is 0 Å². The van der Waals surface area contributed by atoms with Crippen LogP contribution >= 0.6 is 35.4 Å². The monoisotopic (exact) mass is 462 g/mol. The first kappa shape index (κ1) is 21.8. The third-order valence-electron chi connectivity index (χ3n) is 4.13. The number of benzene rings is 2. The number of hydrogen-bond donors (Lipinski definition) is 1. The van der Waals surface area contributed by atoms with Gasteiger partial charge in [0.1, 0.15) is 12.2 Å². The second-order valence-electron chi connectivity index (χ2n) is 6.04. The van der Waals surface area contributed by atoms with Gasteiger partial charge in [0.05, 0.1) is 22.8 Å². The van der Waals surface area contributed by atoms with Crippen LogP contribution < -0.4 is 19.7 Å². The first-order valence-electron chi connectivity index (χ1n) is 8.64.